The summed E-state index contributed by atoms with van der Waals surface area (Å²) in [7, 11) is 0. The predicted octanol–water partition coefficient (Wildman–Crippen LogP) is 16.0. The maximum Gasteiger partial charge on any atom is 0.0361 e. The molecule has 0 saturated carbocycles. The molecule has 12 rings (SSSR count). The predicted molar refractivity (Wildman–Crippen MR) is 239 cm³/mol. The molecule has 0 nitrogen and oxygen atoms in total. The molecule has 2 heterocycles. The fourth-order valence-corrected chi connectivity index (χ4v) is 11.3. The molecule has 0 fully saturated rings. The molecule has 2 aromatic heterocycles. The Hall–Kier alpha value is -6.32. The van der Waals surface area contributed by atoms with E-state index < -0.39 is 0 Å². The second-order valence-corrected chi connectivity index (χ2v) is 16.5. The van der Waals surface area contributed by atoms with Gasteiger partial charge in [-0.05, 0) is 119 Å². The molecule has 250 valence electrons. The highest BCUT2D eigenvalue weighted by molar-refractivity contribution is 7.26. The summed E-state index contributed by atoms with van der Waals surface area (Å²) in [4.78, 5) is 0. The van der Waals surface area contributed by atoms with Crippen LogP contribution in [0, 0.1) is 0 Å². The molecule has 0 radical (unpaired) electrons. The second-order valence-electron chi connectivity index (χ2n) is 14.4. The lowest BCUT2D eigenvalue weighted by molar-refractivity contribution is 1.63. The highest BCUT2D eigenvalue weighted by Gasteiger charge is 2.18. The third-order valence-electron chi connectivity index (χ3n) is 11.4. The Morgan fingerprint density at radius 2 is 0.722 bits per heavy atom. The van der Waals surface area contributed by atoms with Crippen molar-refractivity contribution in [1.29, 1.82) is 0 Å². The standard InChI is InChI=1S/C52H30S2/c1-2-11-32-28-36(21-20-31(32)10-1)50-39-16-5-3-14-37(39)49(38-15-4-6-17-40(38)50)35-13-9-12-33(29-35)34-22-25-46-44(30-34)52-42-24-26-47-51(41(42)23-27-48(52)54-46)43-18-7-8-19-45(43)53-47/h1-30H. The average Bonchev–Trinajstić information content (AvgIpc) is 3.81. The molecule has 0 aliphatic rings. The van der Waals surface area contributed by atoms with E-state index in [0.717, 1.165) is 0 Å². The van der Waals surface area contributed by atoms with Crippen molar-refractivity contribution in [2.45, 2.75) is 0 Å². The Morgan fingerprint density at radius 1 is 0.241 bits per heavy atom. The fraction of sp³-hybridized carbons (Fsp3) is 0. The van der Waals surface area contributed by atoms with Crippen molar-refractivity contribution < 1.29 is 0 Å². The molecule has 12 aromatic rings. The second kappa shape index (κ2) is 11.6. The molecule has 0 aliphatic carbocycles. The van der Waals surface area contributed by atoms with Crippen LogP contribution in [0.5, 0.6) is 0 Å². The topological polar surface area (TPSA) is 0 Å². The van der Waals surface area contributed by atoms with Crippen molar-refractivity contribution in [2.24, 2.45) is 0 Å². The van der Waals surface area contributed by atoms with Crippen LogP contribution < -0.4 is 0 Å². The van der Waals surface area contributed by atoms with E-state index in [1.807, 2.05) is 22.7 Å². The molecule has 2 heteroatoms. The van der Waals surface area contributed by atoms with Crippen LogP contribution in [0.2, 0.25) is 0 Å². The quantitative estimate of drug-likeness (QED) is 0.160. The first-order valence-electron chi connectivity index (χ1n) is 18.5. The Kier molecular flexibility index (Phi) is 6.48. The minimum atomic E-state index is 1.23. The molecule has 0 atom stereocenters. The lowest BCUT2D eigenvalue weighted by Crippen LogP contribution is -1.91. The number of rotatable bonds is 3. The van der Waals surface area contributed by atoms with Gasteiger partial charge in [-0.3, -0.25) is 0 Å². The van der Waals surface area contributed by atoms with Crippen LogP contribution in [0.15, 0.2) is 182 Å². The van der Waals surface area contributed by atoms with Gasteiger partial charge < -0.3 is 0 Å². The smallest absolute Gasteiger partial charge is 0.0361 e. The number of hydrogen-bond donors (Lipinski definition) is 0. The number of hydrogen-bond acceptors (Lipinski definition) is 2. The van der Waals surface area contributed by atoms with Gasteiger partial charge >= 0.3 is 0 Å². The summed E-state index contributed by atoms with van der Waals surface area (Å²) in [5, 5.41) is 15.7. The van der Waals surface area contributed by atoms with Crippen LogP contribution in [0.4, 0.5) is 0 Å². The Labute approximate surface area is 319 Å². The maximum atomic E-state index is 2.43. The van der Waals surface area contributed by atoms with Crippen molar-refractivity contribution in [3.05, 3.63) is 182 Å². The SMILES string of the molecule is c1cc(-c2ccc3sc4ccc5c(ccc6sc7ccccc7c65)c4c3c2)cc(-c2c3ccccc3c(-c3ccc4ccccc4c3)c3ccccc23)c1. The van der Waals surface area contributed by atoms with Crippen LogP contribution in [-0.2, 0) is 0 Å². The van der Waals surface area contributed by atoms with Crippen LogP contribution in [0.1, 0.15) is 0 Å². The molecule has 54 heavy (non-hydrogen) atoms. The van der Waals surface area contributed by atoms with E-state index in [9.17, 15) is 0 Å². The van der Waals surface area contributed by atoms with Crippen LogP contribution >= 0.6 is 22.7 Å². The number of thiophene rings is 2. The Bertz CT molecular complexity index is 3450. The summed E-state index contributed by atoms with van der Waals surface area (Å²) in [5.74, 6) is 0. The normalized spacial score (nSPS) is 12.1. The third-order valence-corrected chi connectivity index (χ3v) is 13.7. The van der Waals surface area contributed by atoms with Crippen molar-refractivity contribution in [3.63, 3.8) is 0 Å². The third kappa shape index (κ3) is 4.42. The van der Waals surface area contributed by atoms with E-state index in [2.05, 4.69) is 182 Å². The van der Waals surface area contributed by atoms with Gasteiger partial charge in [-0.2, -0.15) is 0 Å². The largest absolute Gasteiger partial charge is 0.135 e. The summed E-state index contributed by atoms with van der Waals surface area (Å²) in [6, 6.07) is 67.9. The molecular formula is C52H30S2. The van der Waals surface area contributed by atoms with Crippen molar-refractivity contribution >= 4 is 106 Å². The van der Waals surface area contributed by atoms with Gasteiger partial charge in [0, 0.05) is 40.3 Å². The lowest BCUT2D eigenvalue weighted by Gasteiger charge is -2.18. The molecule has 0 N–H and O–H groups in total. The van der Waals surface area contributed by atoms with Crippen LogP contribution in [0.25, 0.3) is 117 Å². The van der Waals surface area contributed by atoms with E-state index in [4.69, 9.17) is 0 Å². The van der Waals surface area contributed by atoms with Crippen molar-refractivity contribution in [1.82, 2.24) is 0 Å². The van der Waals surface area contributed by atoms with Gasteiger partial charge in [0.2, 0.25) is 0 Å². The first-order valence-corrected chi connectivity index (χ1v) is 20.1. The number of fused-ring (bicyclic) bond motifs is 12. The summed E-state index contributed by atoms with van der Waals surface area (Å²) < 4.78 is 5.37. The van der Waals surface area contributed by atoms with E-state index >= 15 is 0 Å². The molecule has 0 spiro atoms. The Balaban J connectivity index is 1.06. The highest BCUT2D eigenvalue weighted by Crippen LogP contribution is 2.47. The average molecular weight is 719 g/mol. The zero-order valence-electron chi connectivity index (χ0n) is 29.1. The molecule has 0 saturated heterocycles. The van der Waals surface area contributed by atoms with Crippen LogP contribution in [-0.4, -0.2) is 0 Å². The molecular weight excluding hydrogens is 689 g/mol. The molecule has 0 bridgehead atoms. The van der Waals surface area contributed by atoms with E-state index in [0.29, 0.717) is 0 Å². The van der Waals surface area contributed by atoms with Gasteiger partial charge in [0.25, 0.3) is 0 Å². The van der Waals surface area contributed by atoms with Crippen LogP contribution in [0.3, 0.4) is 0 Å². The van der Waals surface area contributed by atoms with Crippen molar-refractivity contribution in [2.75, 3.05) is 0 Å². The van der Waals surface area contributed by atoms with Gasteiger partial charge in [-0.25, -0.2) is 0 Å². The van der Waals surface area contributed by atoms with Gasteiger partial charge in [0.15, 0.2) is 0 Å². The van der Waals surface area contributed by atoms with E-state index in [-0.39, 0.29) is 0 Å². The van der Waals surface area contributed by atoms with Gasteiger partial charge in [0.05, 0.1) is 0 Å². The van der Waals surface area contributed by atoms with Crippen molar-refractivity contribution in [3.8, 4) is 33.4 Å². The lowest BCUT2D eigenvalue weighted by atomic mass is 9.85. The zero-order valence-corrected chi connectivity index (χ0v) is 30.8. The molecule has 0 unspecified atom stereocenters. The minimum Gasteiger partial charge on any atom is -0.135 e. The molecule has 0 aliphatic heterocycles. The summed E-state index contributed by atoms with van der Waals surface area (Å²) in [6.07, 6.45) is 0. The summed E-state index contributed by atoms with van der Waals surface area (Å²) in [6.45, 7) is 0. The Morgan fingerprint density at radius 3 is 1.41 bits per heavy atom. The van der Waals surface area contributed by atoms with Gasteiger partial charge in [-0.15, -0.1) is 22.7 Å². The number of benzene rings is 10. The fourth-order valence-electron chi connectivity index (χ4n) is 9.03. The first-order chi connectivity index (χ1) is 26.8. The van der Waals surface area contributed by atoms with E-state index in [1.54, 1.807) is 0 Å². The first kappa shape index (κ1) is 30.2. The highest BCUT2D eigenvalue weighted by atomic mass is 32.1. The molecule has 10 aromatic carbocycles. The maximum absolute atomic E-state index is 2.43. The molecule has 0 amide bonds. The van der Waals surface area contributed by atoms with Gasteiger partial charge in [-0.1, -0.05) is 140 Å². The summed E-state index contributed by atoms with van der Waals surface area (Å²) >= 11 is 3.79. The minimum absolute atomic E-state index is 1.23. The zero-order chi connectivity index (χ0) is 35.3. The summed E-state index contributed by atoms with van der Waals surface area (Å²) in [5.41, 5.74) is 7.53. The van der Waals surface area contributed by atoms with Gasteiger partial charge in [0.1, 0.15) is 0 Å². The monoisotopic (exact) mass is 718 g/mol. The van der Waals surface area contributed by atoms with E-state index in [1.165, 1.54) is 117 Å².